The molecule has 2 aromatic rings. The number of likely N-dealkylation sites (tertiary alicyclic amines) is 1. The van der Waals surface area contributed by atoms with Crippen molar-refractivity contribution in [3.05, 3.63) is 71.3 Å². The first-order valence-electron chi connectivity index (χ1n) is 10.8. The molecule has 4 N–H and O–H groups in total. The number of nitrogens with one attached hydrogen (secondary N) is 4. The number of carbonyl (C=O) groups is 2. The van der Waals surface area contributed by atoms with Crippen LogP contribution in [0.25, 0.3) is 0 Å². The molecule has 0 radical (unpaired) electrons. The van der Waals surface area contributed by atoms with Crippen LogP contribution in [0.3, 0.4) is 0 Å². The van der Waals surface area contributed by atoms with E-state index < -0.39 is 0 Å². The molecule has 0 bridgehead atoms. The fourth-order valence-electron chi connectivity index (χ4n) is 4.11. The van der Waals surface area contributed by atoms with Crippen molar-refractivity contribution in [3.8, 4) is 0 Å². The minimum absolute atomic E-state index is 0.0849. The van der Waals surface area contributed by atoms with E-state index in [0.29, 0.717) is 12.1 Å². The van der Waals surface area contributed by atoms with Crippen LogP contribution in [-0.2, 0) is 17.9 Å². The highest BCUT2D eigenvalue weighted by molar-refractivity contribution is 5.93. The summed E-state index contributed by atoms with van der Waals surface area (Å²) < 4.78 is 0. The molecule has 1 atom stereocenters. The number of hydrogen-bond acceptors (Lipinski definition) is 2. The summed E-state index contributed by atoms with van der Waals surface area (Å²) in [7, 11) is 3.65. The molecule has 30 heavy (non-hydrogen) atoms. The van der Waals surface area contributed by atoms with Gasteiger partial charge in [-0.05, 0) is 12.1 Å². The lowest BCUT2D eigenvalue weighted by molar-refractivity contribution is -0.918. The van der Waals surface area contributed by atoms with E-state index in [2.05, 4.69) is 41.0 Å². The van der Waals surface area contributed by atoms with Crippen LogP contribution in [-0.4, -0.2) is 51.6 Å². The van der Waals surface area contributed by atoms with Crippen LogP contribution in [0.5, 0.6) is 0 Å². The van der Waals surface area contributed by atoms with Gasteiger partial charge in [-0.15, -0.1) is 0 Å². The Morgan fingerprint density at radius 1 is 1.00 bits per heavy atom. The number of likely N-dealkylation sites (N-methyl/N-ethyl adjacent to an activating group) is 1. The van der Waals surface area contributed by atoms with Crippen molar-refractivity contribution in [3.63, 3.8) is 0 Å². The minimum atomic E-state index is -0.0849. The van der Waals surface area contributed by atoms with Gasteiger partial charge in [-0.25, -0.2) is 0 Å². The smallest absolute Gasteiger partial charge is 0.275 e. The molecule has 1 aliphatic heterocycles. The Labute approximate surface area is 179 Å². The van der Waals surface area contributed by atoms with Crippen LogP contribution in [0, 0.1) is 0 Å². The Balaban J connectivity index is 1.37. The van der Waals surface area contributed by atoms with Gasteiger partial charge in [-0.1, -0.05) is 42.5 Å². The number of carbonyl (C=O) groups excluding carboxylic acids is 2. The maximum atomic E-state index is 12.5. The van der Waals surface area contributed by atoms with E-state index in [0.717, 1.165) is 49.5 Å². The summed E-state index contributed by atoms with van der Waals surface area (Å²) in [6, 6.07) is 18.5. The van der Waals surface area contributed by atoms with Crippen LogP contribution in [0.1, 0.15) is 34.3 Å². The number of rotatable bonds is 8. The van der Waals surface area contributed by atoms with Crippen LogP contribution >= 0.6 is 0 Å². The Kier molecular flexibility index (Phi) is 7.99. The molecule has 3 rings (SSSR count). The highest BCUT2D eigenvalue weighted by atomic mass is 16.2. The molecular formula is C24H34N4O2+2. The lowest BCUT2D eigenvalue weighted by Gasteiger charge is -2.30. The molecule has 2 aromatic carbocycles. The van der Waals surface area contributed by atoms with Gasteiger partial charge >= 0.3 is 0 Å². The topological polar surface area (TPSA) is 67.1 Å². The summed E-state index contributed by atoms with van der Waals surface area (Å²) in [6.45, 7) is 4.46. The predicted octanol–water partition coefficient (Wildman–Crippen LogP) is -0.575. The highest BCUT2D eigenvalue weighted by Gasteiger charge is 2.24. The van der Waals surface area contributed by atoms with E-state index >= 15 is 0 Å². The zero-order chi connectivity index (χ0) is 21.3. The van der Waals surface area contributed by atoms with Crippen molar-refractivity contribution in [2.75, 3.05) is 33.7 Å². The molecule has 1 fully saturated rings. The van der Waals surface area contributed by atoms with Gasteiger partial charge in [-0.2, -0.15) is 0 Å². The van der Waals surface area contributed by atoms with Crippen molar-refractivity contribution in [2.45, 2.75) is 32.0 Å². The molecule has 6 nitrogen and oxygen atoms in total. The Hall–Kier alpha value is -2.70. The molecule has 2 amide bonds. The highest BCUT2D eigenvalue weighted by Crippen LogP contribution is 2.04. The molecule has 0 saturated carbocycles. The van der Waals surface area contributed by atoms with Crippen LogP contribution < -0.4 is 20.4 Å². The normalized spacial score (nSPS) is 19.7. The van der Waals surface area contributed by atoms with Gasteiger partial charge in [0.05, 0.1) is 20.1 Å². The molecule has 1 saturated heterocycles. The van der Waals surface area contributed by atoms with Gasteiger partial charge in [-0.3, -0.25) is 9.59 Å². The first-order chi connectivity index (χ1) is 14.5. The maximum Gasteiger partial charge on any atom is 0.275 e. The summed E-state index contributed by atoms with van der Waals surface area (Å²) in [5.74, 6) is 0.0317. The number of piperidine rings is 1. The van der Waals surface area contributed by atoms with Crippen molar-refractivity contribution >= 4 is 11.8 Å². The van der Waals surface area contributed by atoms with Crippen molar-refractivity contribution < 1.29 is 19.4 Å². The van der Waals surface area contributed by atoms with Crippen molar-refractivity contribution in [1.29, 1.82) is 0 Å². The van der Waals surface area contributed by atoms with E-state index in [1.807, 2.05) is 31.3 Å². The van der Waals surface area contributed by atoms with Gasteiger partial charge in [0.25, 0.3) is 11.8 Å². The third-order valence-corrected chi connectivity index (χ3v) is 5.77. The lowest BCUT2D eigenvalue weighted by Crippen LogP contribution is -3.12. The molecule has 0 spiro atoms. The SMILES string of the molecule is CNC(=O)c1ccc(C[NH+](C)CC(=O)NC2CC[NH+](Cc3ccccc3)CC2)cc1. The Bertz CT molecular complexity index is 815. The summed E-state index contributed by atoms with van der Waals surface area (Å²) in [5.41, 5.74) is 3.15. The maximum absolute atomic E-state index is 12.5. The van der Waals surface area contributed by atoms with Gasteiger partial charge in [0.1, 0.15) is 13.1 Å². The average molecular weight is 411 g/mol. The molecule has 1 aliphatic rings. The standard InChI is InChI=1S/C24H32N4O2/c1-25-24(30)21-10-8-20(9-11-21)16-27(2)18-23(29)26-22-12-14-28(15-13-22)17-19-6-4-3-5-7-19/h3-11,22H,12-18H2,1-2H3,(H,25,30)(H,26,29)/p+2. The first kappa shape index (κ1) is 22.0. The predicted molar refractivity (Wildman–Crippen MR) is 117 cm³/mol. The van der Waals surface area contributed by atoms with Crippen LogP contribution in [0.4, 0.5) is 0 Å². The third-order valence-electron chi connectivity index (χ3n) is 5.77. The average Bonchev–Trinajstić information content (AvgIpc) is 2.75. The van der Waals surface area contributed by atoms with E-state index in [4.69, 9.17) is 0 Å². The third kappa shape index (κ3) is 6.68. The monoisotopic (exact) mass is 410 g/mol. The second-order valence-electron chi connectivity index (χ2n) is 8.34. The Morgan fingerprint density at radius 2 is 1.67 bits per heavy atom. The van der Waals surface area contributed by atoms with Gasteiger partial charge in [0.15, 0.2) is 6.54 Å². The van der Waals surface area contributed by atoms with Crippen molar-refractivity contribution in [2.24, 2.45) is 0 Å². The fourth-order valence-corrected chi connectivity index (χ4v) is 4.11. The largest absolute Gasteiger partial charge is 0.355 e. The zero-order valence-electron chi connectivity index (χ0n) is 18.0. The van der Waals surface area contributed by atoms with E-state index in [1.54, 1.807) is 11.9 Å². The Morgan fingerprint density at radius 3 is 2.30 bits per heavy atom. The summed E-state index contributed by atoms with van der Waals surface area (Å²) in [5, 5.41) is 5.85. The zero-order valence-corrected chi connectivity index (χ0v) is 18.0. The van der Waals surface area contributed by atoms with Gasteiger partial charge in [0, 0.05) is 42.6 Å². The molecule has 1 heterocycles. The minimum Gasteiger partial charge on any atom is -0.355 e. The van der Waals surface area contributed by atoms with Crippen LogP contribution in [0.2, 0.25) is 0 Å². The van der Waals surface area contributed by atoms with Crippen LogP contribution in [0.15, 0.2) is 54.6 Å². The quantitative estimate of drug-likeness (QED) is 0.471. The molecule has 6 heteroatoms. The van der Waals surface area contributed by atoms with E-state index in [1.165, 1.54) is 5.56 Å². The molecule has 1 unspecified atom stereocenters. The van der Waals surface area contributed by atoms with Crippen molar-refractivity contribution in [1.82, 2.24) is 10.6 Å². The first-order valence-corrected chi connectivity index (χ1v) is 10.8. The number of benzene rings is 2. The second-order valence-corrected chi connectivity index (χ2v) is 8.34. The summed E-state index contributed by atoms with van der Waals surface area (Å²) >= 11 is 0. The fraction of sp³-hybridized carbons (Fsp3) is 0.417. The lowest BCUT2D eigenvalue weighted by atomic mass is 10.0. The molecule has 0 aromatic heterocycles. The summed E-state index contributed by atoms with van der Waals surface area (Å²) in [4.78, 5) is 26.8. The molecule has 160 valence electrons. The molecular weight excluding hydrogens is 376 g/mol. The summed E-state index contributed by atoms with van der Waals surface area (Å²) in [6.07, 6.45) is 2.07. The number of quaternary nitrogens is 2. The van der Waals surface area contributed by atoms with E-state index in [9.17, 15) is 9.59 Å². The van der Waals surface area contributed by atoms with Gasteiger partial charge < -0.3 is 20.4 Å². The van der Waals surface area contributed by atoms with E-state index in [-0.39, 0.29) is 17.9 Å². The number of hydrogen-bond donors (Lipinski definition) is 4. The van der Waals surface area contributed by atoms with Gasteiger partial charge in [0.2, 0.25) is 0 Å². The second kappa shape index (κ2) is 10.9. The molecule has 0 aliphatic carbocycles. The number of amides is 2.